The van der Waals surface area contributed by atoms with Crippen LogP contribution < -0.4 is 10.6 Å². The summed E-state index contributed by atoms with van der Waals surface area (Å²) in [5, 5.41) is 6.62. The fourth-order valence-electron chi connectivity index (χ4n) is 3.16. The van der Waals surface area contributed by atoms with E-state index < -0.39 is 5.60 Å². The van der Waals surface area contributed by atoms with Gasteiger partial charge in [0.1, 0.15) is 11.4 Å². The Morgan fingerprint density at radius 3 is 2.64 bits per heavy atom. The van der Waals surface area contributed by atoms with E-state index in [9.17, 15) is 9.18 Å². The Balaban J connectivity index is 1.73. The summed E-state index contributed by atoms with van der Waals surface area (Å²) in [5.41, 5.74) is 0.600. The van der Waals surface area contributed by atoms with E-state index in [0.29, 0.717) is 19.0 Å². The number of carbonyl (C=O) groups excluding carboxylic acids is 1. The molecule has 1 atom stereocenters. The van der Waals surface area contributed by atoms with Gasteiger partial charge in [-0.15, -0.1) is 0 Å². The van der Waals surface area contributed by atoms with Crippen LogP contribution in [0.3, 0.4) is 0 Å². The zero-order valence-electron chi connectivity index (χ0n) is 17.4. The number of ether oxygens (including phenoxy) is 1. The molecule has 1 aromatic carbocycles. The van der Waals surface area contributed by atoms with Crippen molar-refractivity contribution in [3.63, 3.8) is 0 Å². The summed E-state index contributed by atoms with van der Waals surface area (Å²) in [4.78, 5) is 18.3. The van der Waals surface area contributed by atoms with Gasteiger partial charge in [0.15, 0.2) is 5.96 Å². The van der Waals surface area contributed by atoms with Gasteiger partial charge in [-0.05, 0) is 63.6 Å². The Morgan fingerprint density at radius 1 is 1.29 bits per heavy atom. The van der Waals surface area contributed by atoms with Gasteiger partial charge in [0, 0.05) is 33.2 Å². The first-order valence-corrected chi connectivity index (χ1v) is 9.94. The molecule has 7 heteroatoms. The molecule has 0 radical (unpaired) electrons. The summed E-state index contributed by atoms with van der Waals surface area (Å²) in [6.45, 7) is 8.54. The average Bonchev–Trinajstić information content (AvgIpc) is 2.65. The highest BCUT2D eigenvalue weighted by atomic mass is 19.1. The minimum Gasteiger partial charge on any atom is -0.444 e. The number of piperidine rings is 1. The topological polar surface area (TPSA) is 66.0 Å². The van der Waals surface area contributed by atoms with Gasteiger partial charge in [-0.25, -0.2) is 9.18 Å². The number of carbonyl (C=O) groups is 1. The van der Waals surface area contributed by atoms with E-state index in [-0.39, 0.29) is 11.9 Å². The third kappa shape index (κ3) is 7.74. The lowest BCUT2D eigenvalue weighted by molar-refractivity contribution is 0.0168. The Bertz CT molecular complexity index is 655. The molecule has 6 nitrogen and oxygen atoms in total. The highest BCUT2D eigenvalue weighted by molar-refractivity contribution is 5.79. The Morgan fingerprint density at radius 2 is 2.00 bits per heavy atom. The number of nitrogens with zero attached hydrogens (tertiary/aromatic N) is 2. The van der Waals surface area contributed by atoms with Gasteiger partial charge in [-0.1, -0.05) is 12.1 Å². The second-order valence-electron chi connectivity index (χ2n) is 8.19. The molecule has 1 aromatic rings. The van der Waals surface area contributed by atoms with E-state index in [4.69, 9.17) is 4.74 Å². The van der Waals surface area contributed by atoms with Crippen LogP contribution in [0.25, 0.3) is 0 Å². The molecule has 28 heavy (non-hydrogen) atoms. The molecular weight excluding hydrogens is 359 g/mol. The van der Waals surface area contributed by atoms with Gasteiger partial charge in [-0.2, -0.15) is 0 Å². The number of hydrogen-bond donors (Lipinski definition) is 2. The standard InChI is InChI=1S/C21H33FN4O2/c1-21(2,3)28-20(27)26-13-5-6-17(15-26)14-25-19(23-4)24-12-11-16-7-9-18(22)10-8-16/h7-10,17H,5-6,11-15H2,1-4H3,(H2,23,24,25). The highest BCUT2D eigenvalue weighted by Crippen LogP contribution is 2.18. The zero-order valence-corrected chi connectivity index (χ0v) is 17.4. The smallest absolute Gasteiger partial charge is 0.410 e. The van der Waals surface area contributed by atoms with Crippen molar-refractivity contribution < 1.29 is 13.9 Å². The van der Waals surface area contributed by atoms with Crippen molar-refractivity contribution in [2.24, 2.45) is 10.9 Å². The molecule has 1 aliphatic heterocycles. The first-order chi connectivity index (χ1) is 13.3. The predicted octanol–water partition coefficient (Wildman–Crippen LogP) is 3.18. The number of halogens is 1. The summed E-state index contributed by atoms with van der Waals surface area (Å²) >= 11 is 0. The van der Waals surface area contributed by atoms with Crippen LogP contribution in [-0.4, -0.2) is 55.8 Å². The second-order valence-corrected chi connectivity index (χ2v) is 8.19. The summed E-state index contributed by atoms with van der Waals surface area (Å²) in [5.74, 6) is 0.871. The number of benzene rings is 1. The summed E-state index contributed by atoms with van der Waals surface area (Å²) in [6.07, 6.45) is 2.59. The Kier molecular flexibility index (Phi) is 8.08. The molecule has 2 N–H and O–H groups in total. The van der Waals surface area contributed by atoms with Crippen LogP contribution in [-0.2, 0) is 11.2 Å². The van der Waals surface area contributed by atoms with Gasteiger partial charge in [0.2, 0.25) is 0 Å². The van der Waals surface area contributed by atoms with Crippen molar-refractivity contribution in [1.82, 2.24) is 15.5 Å². The van der Waals surface area contributed by atoms with Crippen LogP contribution in [0.5, 0.6) is 0 Å². The van der Waals surface area contributed by atoms with Crippen molar-refractivity contribution in [1.29, 1.82) is 0 Å². The van der Waals surface area contributed by atoms with E-state index in [1.807, 2.05) is 20.8 Å². The van der Waals surface area contributed by atoms with Crippen LogP contribution in [0.1, 0.15) is 39.2 Å². The number of guanidine groups is 1. The molecule has 1 heterocycles. The fraction of sp³-hybridized carbons (Fsp3) is 0.619. The number of hydrogen-bond acceptors (Lipinski definition) is 3. The lowest BCUT2D eigenvalue weighted by Gasteiger charge is -2.34. The van der Waals surface area contributed by atoms with Crippen molar-refractivity contribution in [2.75, 3.05) is 33.2 Å². The predicted molar refractivity (Wildman–Crippen MR) is 110 cm³/mol. The minimum absolute atomic E-state index is 0.220. The van der Waals surface area contributed by atoms with E-state index in [1.54, 1.807) is 24.1 Å². The molecule has 1 fully saturated rings. The SMILES string of the molecule is CN=C(NCCc1ccc(F)cc1)NCC1CCCN(C(=O)OC(C)(C)C)C1. The molecule has 156 valence electrons. The highest BCUT2D eigenvalue weighted by Gasteiger charge is 2.27. The van der Waals surface area contributed by atoms with Crippen LogP contribution >= 0.6 is 0 Å². The lowest BCUT2D eigenvalue weighted by atomic mass is 9.98. The minimum atomic E-state index is -0.473. The maximum atomic E-state index is 13.0. The van der Waals surface area contributed by atoms with Crippen molar-refractivity contribution in [3.05, 3.63) is 35.6 Å². The van der Waals surface area contributed by atoms with Crippen molar-refractivity contribution in [2.45, 2.75) is 45.6 Å². The first kappa shape index (κ1) is 22.0. The van der Waals surface area contributed by atoms with Crippen LogP contribution in [0.15, 0.2) is 29.3 Å². The van der Waals surface area contributed by atoms with Crippen LogP contribution in [0.4, 0.5) is 9.18 Å². The lowest BCUT2D eigenvalue weighted by Crippen LogP contribution is -2.47. The van der Waals surface area contributed by atoms with E-state index in [0.717, 1.165) is 43.9 Å². The molecule has 0 saturated carbocycles. The number of likely N-dealkylation sites (tertiary alicyclic amines) is 1. The maximum Gasteiger partial charge on any atom is 0.410 e. The second kappa shape index (κ2) is 10.3. The van der Waals surface area contributed by atoms with Crippen molar-refractivity contribution >= 4 is 12.1 Å². The Labute approximate surface area is 167 Å². The molecule has 2 rings (SSSR count). The monoisotopic (exact) mass is 392 g/mol. The third-order valence-corrected chi connectivity index (χ3v) is 4.57. The maximum absolute atomic E-state index is 13.0. The van der Waals surface area contributed by atoms with Gasteiger partial charge in [0.05, 0.1) is 0 Å². The van der Waals surface area contributed by atoms with Gasteiger partial charge in [0.25, 0.3) is 0 Å². The number of nitrogens with one attached hydrogen (secondary N) is 2. The largest absolute Gasteiger partial charge is 0.444 e. The third-order valence-electron chi connectivity index (χ3n) is 4.57. The normalized spacial score (nSPS) is 18.0. The van der Waals surface area contributed by atoms with E-state index >= 15 is 0 Å². The van der Waals surface area contributed by atoms with Crippen LogP contribution in [0, 0.1) is 11.7 Å². The summed E-state index contributed by atoms with van der Waals surface area (Å²) in [6, 6.07) is 6.53. The molecule has 1 amide bonds. The van der Waals surface area contributed by atoms with Crippen LogP contribution in [0.2, 0.25) is 0 Å². The average molecular weight is 393 g/mol. The number of rotatable bonds is 5. The van der Waals surface area contributed by atoms with Gasteiger partial charge in [-0.3, -0.25) is 4.99 Å². The molecular formula is C21H33FN4O2. The van der Waals surface area contributed by atoms with Gasteiger partial charge < -0.3 is 20.3 Å². The quantitative estimate of drug-likeness (QED) is 0.597. The van der Waals surface area contributed by atoms with Crippen molar-refractivity contribution in [3.8, 4) is 0 Å². The molecule has 1 unspecified atom stereocenters. The zero-order chi connectivity index (χ0) is 20.6. The number of aliphatic imine (C=N–C) groups is 1. The number of amides is 1. The molecule has 1 saturated heterocycles. The molecule has 0 spiro atoms. The molecule has 1 aliphatic rings. The Hall–Kier alpha value is -2.31. The van der Waals surface area contributed by atoms with E-state index in [2.05, 4.69) is 15.6 Å². The van der Waals surface area contributed by atoms with E-state index in [1.165, 1.54) is 12.1 Å². The van der Waals surface area contributed by atoms with Gasteiger partial charge >= 0.3 is 6.09 Å². The fourth-order valence-corrected chi connectivity index (χ4v) is 3.16. The first-order valence-electron chi connectivity index (χ1n) is 9.94. The molecule has 0 aromatic heterocycles. The summed E-state index contributed by atoms with van der Waals surface area (Å²) < 4.78 is 18.4. The molecule has 0 bridgehead atoms. The summed E-state index contributed by atoms with van der Waals surface area (Å²) in [7, 11) is 1.74. The molecule has 0 aliphatic carbocycles.